The second kappa shape index (κ2) is 7.12. The maximum absolute atomic E-state index is 12.8. The van der Waals surface area contributed by atoms with Crippen molar-refractivity contribution in [1.29, 1.82) is 0 Å². The van der Waals surface area contributed by atoms with Crippen LogP contribution in [-0.2, 0) is 14.8 Å². The number of sulfonamides is 1. The minimum Gasteiger partial charge on any atom is -0.497 e. The summed E-state index contributed by atoms with van der Waals surface area (Å²) in [6, 6.07) is 14.2. The quantitative estimate of drug-likeness (QED) is 0.463. The fourth-order valence-corrected chi connectivity index (χ4v) is 3.40. The number of rotatable bonds is 6. The van der Waals surface area contributed by atoms with Crippen LogP contribution < -0.4 is 20.3 Å². The van der Waals surface area contributed by atoms with Gasteiger partial charge in [-0.2, -0.15) is 0 Å². The molecule has 0 saturated heterocycles. The number of methoxy groups -OCH3 is 1. The van der Waals surface area contributed by atoms with E-state index in [1.54, 1.807) is 42.5 Å². The number of ether oxygens (including phenoxy) is 1. The molecule has 0 aromatic heterocycles. The summed E-state index contributed by atoms with van der Waals surface area (Å²) >= 11 is 0. The Kier molecular flexibility index (Phi) is 5.20. The molecular formula is C15H17N3O4S. The molecule has 0 aliphatic heterocycles. The molecule has 1 amide bonds. The summed E-state index contributed by atoms with van der Waals surface area (Å²) in [6.45, 7) is -0.430. The van der Waals surface area contributed by atoms with E-state index in [2.05, 4.69) is 0 Å². The van der Waals surface area contributed by atoms with Crippen molar-refractivity contribution >= 4 is 21.6 Å². The molecule has 0 radical (unpaired) electrons. The van der Waals surface area contributed by atoms with E-state index >= 15 is 0 Å². The summed E-state index contributed by atoms with van der Waals surface area (Å²) in [4.78, 5) is 11.7. The van der Waals surface area contributed by atoms with Crippen LogP contribution in [0.1, 0.15) is 0 Å². The van der Waals surface area contributed by atoms with Gasteiger partial charge in [0.15, 0.2) is 0 Å². The average molecular weight is 335 g/mol. The van der Waals surface area contributed by atoms with Gasteiger partial charge in [0.1, 0.15) is 12.3 Å². The average Bonchev–Trinajstić information content (AvgIpc) is 2.60. The maximum Gasteiger partial charge on any atom is 0.264 e. The van der Waals surface area contributed by atoms with E-state index in [1.807, 2.05) is 5.43 Å². The Labute approximate surface area is 134 Å². The fourth-order valence-electron chi connectivity index (χ4n) is 1.96. The summed E-state index contributed by atoms with van der Waals surface area (Å²) < 4.78 is 31.7. The van der Waals surface area contributed by atoms with Gasteiger partial charge in [0.25, 0.3) is 15.9 Å². The first kappa shape index (κ1) is 16.8. The number of hydrogen-bond acceptors (Lipinski definition) is 5. The van der Waals surface area contributed by atoms with Crippen molar-refractivity contribution in [3.8, 4) is 5.75 Å². The van der Waals surface area contributed by atoms with Crippen LogP contribution >= 0.6 is 0 Å². The summed E-state index contributed by atoms with van der Waals surface area (Å²) in [5.41, 5.74) is 2.27. The zero-order valence-corrected chi connectivity index (χ0v) is 13.3. The molecule has 8 heteroatoms. The summed E-state index contributed by atoms with van der Waals surface area (Å²) in [6.07, 6.45) is 0. The van der Waals surface area contributed by atoms with E-state index in [1.165, 1.54) is 19.2 Å². The lowest BCUT2D eigenvalue weighted by Gasteiger charge is -2.23. The molecule has 0 saturated carbocycles. The van der Waals surface area contributed by atoms with E-state index in [0.717, 1.165) is 4.31 Å². The highest BCUT2D eigenvalue weighted by Crippen LogP contribution is 2.25. The third kappa shape index (κ3) is 3.79. The van der Waals surface area contributed by atoms with E-state index in [0.29, 0.717) is 11.4 Å². The molecule has 23 heavy (non-hydrogen) atoms. The van der Waals surface area contributed by atoms with Crippen molar-refractivity contribution in [2.45, 2.75) is 4.90 Å². The number of hydrogen-bond donors (Lipinski definition) is 2. The van der Waals surface area contributed by atoms with Crippen molar-refractivity contribution in [2.75, 3.05) is 18.0 Å². The lowest BCUT2D eigenvalue weighted by atomic mass is 10.3. The zero-order chi connectivity index (χ0) is 16.9. The van der Waals surface area contributed by atoms with Gasteiger partial charge < -0.3 is 4.74 Å². The van der Waals surface area contributed by atoms with Gasteiger partial charge in [-0.1, -0.05) is 18.2 Å². The van der Waals surface area contributed by atoms with Crippen LogP contribution in [0.2, 0.25) is 0 Å². The van der Waals surface area contributed by atoms with Gasteiger partial charge in [-0.25, -0.2) is 14.3 Å². The highest BCUT2D eigenvalue weighted by Gasteiger charge is 2.26. The Balaban J connectivity index is 2.47. The first-order valence-corrected chi connectivity index (χ1v) is 8.14. The Hall–Kier alpha value is -2.58. The molecule has 0 unspecified atom stereocenters. The van der Waals surface area contributed by atoms with Gasteiger partial charge in [0, 0.05) is 0 Å². The number of nitrogens with one attached hydrogen (secondary N) is 1. The molecule has 0 heterocycles. The number of nitrogens with two attached hydrogens (primary N) is 1. The molecule has 122 valence electrons. The third-order valence-corrected chi connectivity index (χ3v) is 4.93. The van der Waals surface area contributed by atoms with Crippen LogP contribution in [0.3, 0.4) is 0 Å². The van der Waals surface area contributed by atoms with Gasteiger partial charge in [-0.15, -0.1) is 0 Å². The Morgan fingerprint density at radius 1 is 1.13 bits per heavy atom. The normalized spacial score (nSPS) is 10.9. The van der Waals surface area contributed by atoms with E-state index in [-0.39, 0.29) is 4.90 Å². The predicted octanol–water partition coefficient (Wildman–Crippen LogP) is 0.880. The van der Waals surface area contributed by atoms with Crippen molar-refractivity contribution in [1.82, 2.24) is 5.43 Å². The van der Waals surface area contributed by atoms with E-state index < -0.39 is 22.5 Å². The van der Waals surface area contributed by atoms with Crippen LogP contribution in [0.15, 0.2) is 59.5 Å². The number of nitrogens with zero attached hydrogens (tertiary/aromatic N) is 1. The SMILES string of the molecule is COc1ccc(N(CC(=O)NN)S(=O)(=O)c2ccccc2)cc1. The number of amides is 1. The Morgan fingerprint density at radius 3 is 2.26 bits per heavy atom. The Morgan fingerprint density at radius 2 is 1.74 bits per heavy atom. The molecular weight excluding hydrogens is 318 g/mol. The second-order valence-corrected chi connectivity index (χ2v) is 6.45. The van der Waals surface area contributed by atoms with Crippen molar-refractivity contribution in [3.63, 3.8) is 0 Å². The van der Waals surface area contributed by atoms with Crippen molar-refractivity contribution in [2.24, 2.45) is 5.84 Å². The summed E-state index contributed by atoms with van der Waals surface area (Å²) in [5, 5.41) is 0. The number of carbonyl (C=O) groups excluding carboxylic acids is 1. The summed E-state index contributed by atoms with van der Waals surface area (Å²) in [5.74, 6) is 5.04. The molecule has 0 spiro atoms. The molecule has 2 rings (SSSR count). The number of anilines is 1. The van der Waals surface area contributed by atoms with Crippen molar-refractivity contribution < 1.29 is 17.9 Å². The molecule has 2 aromatic carbocycles. The largest absolute Gasteiger partial charge is 0.497 e. The van der Waals surface area contributed by atoms with Crippen LogP contribution in [-0.4, -0.2) is 28.0 Å². The van der Waals surface area contributed by atoms with Crippen LogP contribution in [0, 0.1) is 0 Å². The van der Waals surface area contributed by atoms with Gasteiger partial charge in [-0.05, 0) is 36.4 Å². The number of carbonyl (C=O) groups is 1. The second-order valence-electron chi connectivity index (χ2n) is 4.59. The minimum atomic E-state index is -3.90. The van der Waals surface area contributed by atoms with Crippen LogP contribution in [0.4, 0.5) is 5.69 Å². The minimum absolute atomic E-state index is 0.0839. The number of benzene rings is 2. The van der Waals surface area contributed by atoms with Crippen LogP contribution in [0.25, 0.3) is 0 Å². The topological polar surface area (TPSA) is 102 Å². The fraction of sp³-hybridized carbons (Fsp3) is 0.133. The molecule has 0 aliphatic rings. The van der Waals surface area contributed by atoms with Gasteiger partial charge >= 0.3 is 0 Å². The number of hydrazine groups is 1. The standard InChI is InChI=1S/C15H17N3O4S/c1-22-13-9-7-12(8-10-13)18(11-15(19)17-16)23(20,21)14-5-3-2-4-6-14/h2-10H,11,16H2,1H3,(H,17,19). The molecule has 0 fully saturated rings. The monoisotopic (exact) mass is 335 g/mol. The zero-order valence-electron chi connectivity index (χ0n) is 12.5. The maximum atomic E-state index is 12.8. The first-order valence-electron chi connectivity index (χ1n) is 6.70. The lowest BCUT2D eigenvalue weighted by molar-refractivity contribution is -0.119. The molecule has 0 aliphatic carbocycles. The highest BCUT2D eigenvalue weighted by atomic mass is 32.2. The molecule has 2 aromatic rings. The van der Waals surface area contributed by atoms with E-state index in [9.17, 15) is 13.2 Å². The van der Waals surface area contributed by atoms with Crippen molar-refractivity contribution in [3.05, 3.63) is 54.6 Å². The third-order valence-electron chi connectivity index (χ3n) is 3.14. The van der Waals surface area contributed by atoms with Gasteiger partial charge in [0.2, 0.25) is 0 Å². The Bertz CT molecular complexity index is 761. The summed E-state index contributed by atoms with van der Waals surface area (Å²) in [7, 11) is -2.39. The first-order chi connectivity index (χ1) is 11.0. The molecule has 7 nitrogen and oxygen atoms in total. The molecule has 0 atom stereocenters. The highest BCUT2D eigenvalue weighted by molar-refractivity contribution is 7.92. The lowest BCUT2D eigenvalue weighted by Crippen LogP contribution is -2.43. The van der Waals surface area contributed by atoms with Crippen LogP contribution in [0.5, 0.6) is 5.75 Å². The molecule has 0 bridgehead atoms. The van der Waals surface area contributed by atoms with Gasteiger partial charge in [0.05, 0.1) is 17.7 Å². The predicted molar refractivity (Wildman–Crippen MR) is 86.3 cm³/mol. The molecule has 3 N–H and O–H groups in total. The van der Waals surface area contributed by atoms with E-state index in [4.69, 9.17) is 10.6 Å². The smallest absolute Gasteiger partial charge is 0.264 e. The van der Waals surface area contributed by atoms with Gasteiger partial charge in [-0.3, -0.25) is 14.5 Å².